The van der Waals surface area contributed by atoms with E-state index in [0.717, 1.165) is 17.7 Å². The molecule has 7 heteroatoms. The van der Waals surface area contributed by atoms with Crippen molar-refractivity contribution in [3.8, 4) is 0 Å². The van der Waals surface area contributed by atoms with Gasteiger partial charge in [-0.25, -0.2) is 14.4 Å². The number of aromatic nitrogens is 2. The van der Waals surface area contributed by atoms with Crippen LogP contribution in [0.25, 0.3) is 0 Å². The molecule has 1 amide bonds. The Hall–Kier alpha value is -1.66. The van der Waals surface area contributed by atoms with E-state index in [9.17, 15) is 9.18 Å². The summed E-state index contributed by atoms with van der Waals surface area (Å²) < 4.78 is 13.0. The van der Waals surface area contributed by atoms with Gasteiger partial charge in [0.15, 0.2) is 5.16 Å². The standard InChI is InChI=1S/C16H15ClFN3OS/c1-2-7-23-16-19-14(17)12-8-13(22)21(15(12)20-16)9-10-3-5-11(18)6-4-10/h3-6H,2,7-9H2,1H3. The Bertz CT molecular complexity index is 739. The largest absolute Gasteiger partial charge is 0.292 e. The Morgan fingerprint density at radius 2 is 2.04 bits per heavy atom. The van der Waals surface area contributed by atoms with Crippen LogP contribution >= 0.6 is 23.4 Å². The number of thioether (sulfide) groups is 1. The van der Waals surface area contributed by atoms with E-state index < -0.39 is 0 Å². The third-order valence-electron chi connectivity index (χ3n) is 3.49. The third-order valence-corrected chi connectivity index (χ3v) is 4.85. The van der Waals surface area contributed by atoms with Gasteiger partial charge in [0.25, 0.3) is 0 Å². The number of carbonyl (C=O) groups is 1. The van der Waals surface area contributed by atoms with E-state index in [1.54, 1.807) is 17.0 Å². The first-order chi connectivity index (χ1) is 11.1. The van der Waals surface area contributed by atoms with Crippen molar-refractivity contribution in [3.05, 3.63) is 46.4 Å². The highest BCUT2D eigenvalue weighted by Gasteiger charge is 2.32. The second kappa shape index (κ2) is 6.84. The summed E-state index contributed by atoms with van der Waals surface area (Å²) in [6, 6.07) is 6.09. The molecule has 4 nitrogen and oxygen atoms in total. The number of hydrogen-bond acceptors (Lipinski definition) is 4. The van der Waals surface area contributed by atoms with Crippen LogP contribution < -0.4 is 4.90 Å². The molecule has 1 aromatic carbocycles. The van der Waals surface area contributed by atoms with E-state index in [1.165, 1.54) is 23.9 Å². The fraction of sp³-hybridized carbons (Fsp3) is 0.312. The normalized spacial score (nSPS) is 13.5. The van der Waals surface area contributed by atoms with Crippen LogP contribution in [-0.2, 0) is 17.8 Å². The second-order valence-corrected chi connectivity index (χ2v) is 6.65. The van der Waals surface area contributed by atoms with Crippen molar-refractivity contribution in [3.63, 3.8) is 0 Å². The number of rotatable bonds is 5. The molecule has 0 fully saturated rings. The molecule has 1 aromatic heterocycles. The molecule has 0 atom stereocenters. The number of hydrogen-bond donors (Lipinski definition) is 0. The van der Waals surface area contributed by atoms with Crippen LogP contribution in [0.4, 0.5) is 10.2 Å². The van der Waals surface area contributed by atoms with E-state index in [1.807, 2.05) is 0 Å². The van der Waals surface area contributed by atoms with Gasteiger partial charge in [0.2, 0.25) is 5.91 Å². The Morgan fingerprint density at radius 1 is 1.30 bits per heavy atom. The van der Waals surface area contributed by atoms with Gasteiger partial charge in [-0.2, -0.15) is 0 Å². The first kappa shape index (κ1) is 16.2. The summed E-state index contributed by atoms with van der Waals surface area (Å²) in [5, 5.41) is 0.915. The molecule has 0 unspecified atom stereocenters. The van der Waals surface area contributed by atoms with Crippen LogP contribution in [-0.4, -0.2) is 21.6 Å². The van der Waals surface area contributed by atoms with Gasteiger partial charge in [0.05, 0.1) is 13.0 Å². The van der Waals surface area contributed by atoms with Gasteiger partial charge in [0.1, 0.15) is 16.8 Å². The SMILES string of the molecule is CCCSc1nc(Cl)c2c(n1)N(Cc1ccc(F)cc1)C(=O)C2. The van der Waals surface area contributed by atoms with Crippen LogP contribution in [0.3, 0.4) is 0 Å². The zero-order chi connectivity index (χ0) is 16.4. The van der Waals surface area contributed by atoms with Crippen LogP contribution in [0, 0.1) is 5.82 Å². The van der Waals surface area contributed by atoms with Crippen LogP contribution in [0.2, 0.25) is 5.15 Å². The van der Waals surface area contributed by atoms with E-state index >= 15 is 0 Å². The lowest BCUT2D eigenvalue weighted by molar-refractivity contribution is -0.117. The molecule has 1 aliphatic rings. The predicted molar refractivity (Wildman–Crippen MR) is 89.4 cm³/mol. The Balaban J connectivity index is 1.90. The Labute approximate surface area is 143 Å². The third kappa shape index (κ3) is 3.48. The fourth-order valence-corrected chi connectivity index (χ4v) is 3.34. The lowest BCUT2D eigenvalue weighted by atomic mass is 10.2. The highest BCUT2D eigenvalue weighted by molar-refractivity contribution is 7.99. The lowest BCUT2D eigenvalue weighted by Gasteiger charge is -2.17. The Kier molecular flexibility index (Phi) is 4.82. The van der Waals surface area contributed by atoms with Gasteiger partial charge >= 0.3 is 0 Å². The van der Waals surface area contributed by atoms with Crippen molar-refractivity contribution in [2.75, 3.05) is 10.7 Å². The molecule has 120 valence electrons. The topological polar surface area (TPSA) is 46.1 Å². The average molecular weight is 352 g/mol. The first-order valence-electron chi connectivity index (χ1n) is 7.32. The number of halogens is 2. The van der Waals surface area contributed by atoms with Crippen molar-refractivity contribution in [1.82, 2.24) is 9.97 Å². The van der Waals surface area contributed by atoms with Crippen molar-refractivity contribution in [2.45, 2.75) is 31.5 Å². The zero-order valence-electron chi connectivity index (χ0n) is 12.6. The smallest absolute Gasteiger partial charge is 0.233 e. The van der Waals surface area contributed by atoms with Crippen LogP contribution in [0.1, 0.15) is 24.5 Å². The fourth-order valence-electron chi connectivity index (χ4n) is 2.36. The number of benzene rings is 1. The number of carbonyl (C=O) groups excluding carboxylic acids is 1. The molecule has 2 aromatic rings. The van der Waals surface area contributed by atoms with Gasteiger partial charge in [-0.1, -0.05) is 42.4 Å². The molecule has 23 heavy (non-hydrogen) atoms. The molecule has 0 N–H and O–H groups in total. The lowest BCUT2D eigenvalue weighted by Crippen LogP contribution is -2.26. The number of anilines is 1. The summed E-state index contributed by atoms with van der Waals surface area (Å²) in [7, 11) is 0. The molecule has 0 bridgehead atoms. The average Bonchev–Trinajstić information content (AvgIpc) is 2.84. The molecular formula is C16H15ClFN3OS. The molecular weight excluding hydrogens is 337 g/mol. The molecule has 1 aliphatic heterocycles. The van der Waals surface area contributed by atoms with Crippen LogP contribution in [0.5, 0.6) is 0 Å². The van der Waals surface area contributed by atoms with Gasteiger partial charge in [-0.15, -0.1) is 0 Å². The molecule has 0 saturated carbocycles. The first-order valence-corrected chi connectivity index (χ1v) is 8.69. The molecule has 0 aliphatic carbocycles. The highest BCUT2D eigenvalue weighted by atomic mass is 35.5. The zero-order valence-corrected chi connectivity index (χ0v) is 14.1. The maximum Gasteiger partial charge on any atom is 0.233 e. The number of fused-ring (bicyclic) bond motifs is 1. The minimum atomic E-state index is -0.300. The summed E-state index contributed by atoms with van der Waals surface area (Å²) in [6.45, 7) is 2.42. The predicted octanol–water partition coefficient (Wildman–Crippen LogP) is 3.86. The van der Waals surface area contributed by atoms with E-state index in [4.69, 9.17) is 11.6 Å². The second-order valence-electron chi connectivity index (χ2n) is 5.23. The van der Waals surface area contributed by atoms with Crippen molar-refractivity contribution in [2.24, 2.45) is 0 Å². The summed E-state index contributed by atoms with van der Waals surface area (Å²) in [6.07, 6.45) is 1.20. The van der Waals surface area contributed by atoms with Crippen molar-refractivity contribution >= 4 is 35.1 Å². The van der Waals surface area contributed by atoms with E-state index in [2.05, 4.69) is 16.9 Å². The number of amides is 1. The van der Waals surface area contributed by atoms with E-state index in [-0.39, 0.29) is 18.1 Å². The quantitative estimate of drug-likeness (QED) is 0.466. The van der Waals surface area contributed by atoms with Crippen molar-refractivity contribution in [1.29, 1.82) is 0 Å². The minimum Gasteiger partial charge on any atom is -0.292 e. The number of nitrogens with zero attached hydrogens (tertiary/aromatic N) is 3. The molecule has 3 rings (SSSR count). The minimum absolute atomic E-state index is 0.0711. The maximum absolute atomic E-state index is 13.0. The molecule has 0 spiro atoms. The molecule has 0 radical (unpaired) electrons. The summed E-state index contributed by atoms with van der Waals surface area (Å²) >= 11 is 7.73. The monoisotopic (exact) mass is 351 g/mol. The summed E-state index contributed by atoms with van der Waals surface area (Å²) in [5.74, 6) is 1.09. The van der Waals surface area contributed by atoms with E-state index in [0.29, 0.717) is 28.2 Å². The highest BCUT2D eigenvalue weighted by Crippen LogP contribution is 2.34. The van der Waals surface area contributed by atoms with Crippen LogP contribution in [0.15, 0.2) is 29.4 Å². The van der Waals surface area contributed by atoms with Gasteiger partial charge in [0, 0.05) is 11.3 Å². The van der Waals surface area contributed by atoms with Gasteiger partial charge in [-0.05, 0) is 24.1 Å². The van der Waals surface area contributed by atoms with Crippen molar-refractivity contribution < 1.29 is 9.18 Å². The van der Waals surface area contributed by atoms with Gasteiger partial charge in [-0.3, -0.25) is 9.69 Å². The Morgan fingerprint density at radius 3 is 2.74 bits per heavy atom. The maximum atomic E-state index is 13.0. The van der Waals surface area contributed by atoms with Gasteiger partial charge < -0.3 is 0 Å². The molecule has 0 saturated heterocycles. The summed E-state index contributed by atoms with van der Waals surface area (Å²) in [5.41, 5.74) is 1.50. The summed E-state index contributed by atoms with van der Waals surface area (Å²) in [4.78, 5) is 22.6. The molecule has 2 heterocycles.